The van der Waals surface area contributed by atoms with Crippen molar-refractivity contribution in [3.63, 3.8) is 0 Å². The SMILES string of the molecule is Cc1cccc(C)c1-n1nnnc1SC[C@H]1CC1(Cl)Cl. The molecule has 2 aromatic rings. The maximum Gasteiger partial charge on any atom is 0.214 e. The van der Waals surface area contributed by atoms with E-state index in [1.807, 2.05) is 6.07 Å². The van der Waals surface area contributed by atoms with Gasteiger partial charge in [-0.15, -0.1) is 28.3 Å². The van der Waals surface area contributed by atoms with Crippen LogP contribution in [0.25, 0.3) is 5.69 Å². The van der Waals surface area contributed by atoms with Gasteiger partial charge in [0.25, 0.3) is 0 Å². The van der Waals surface area contributed by atoms with Crippen LogP contribution in [0.5, 0.6) is 0 Å². The number of thioether (sulfide) groups is 1. The Labute approximate surface area is 131 Å². The molecule has 1 saturated carbocycles. The van der Waals surface area contributed by atoms with Crippen LogP contribution in [0.3, 0.4) is 0 Å². The monoisotopic (exact) mass is 328 g/mol. The zero-order chi connectivity index (χ0) is 14.3. The minimum Gasteiger partial charge on any atom is -0.187 e. The molecule has 3 rings (SSSR count). The average molecular weight is 329 g/mol. The first kappa shape index (κ1) is 14.2. The number of hydrogen-bond acceptors (Lipinski definition) is 4. The van der Waals surface area contributed by atoms with E-state index in [-0.39, 0.29) is 0 Å². The summed E-state index contributed by atoms with van der Waals surface area (Å²) in [5, 5.41) is 12.8. The maximum atomic E-state index is 6.05. The van der Waals surface area contributed by atoms with E-state index in [9.17, 15) is 0 Å². The predicted molar refractivity (Wildman–Crippen MR) is 81.9 cm³/mol. The summed E-state index contributed by atoms with van der Waals surface area (Å²) in [5.41, 5.74) is 3.34. The highest BCUT2D eigenvalue weighted by Crippen LogP contribution is 2.54. The fourth-order valence-corrected chi connectivity index (χ4v) is 3.98. The minimum atomic E-state index is -0.552. The van der Waals surface area contributed by atoms with Crippen LogP contribution < -0.4 is 0 Å². The van der Waals surface area contributed by atoms with Gasteiger partial charge in [0.15, 0.2) is 0 Å². The van der Waals surface area contributed by atoms with Gasteiger partial charge >= 0.3 is 0 Å². The molecule has 0 spiro atoms. The lowest BCUT2D eigenvalue weighted by Crippen LogP contribution is -2.04. The Balaban J connectivity index is 1.83. The van der Waals surface area contributed by atoms with E-state index >= 15 is 0 Å². The Morgan fingerprint density at radius 1 is 1.35 bits per heavy atom. The largest absolute Gasteiger partial charge is 0.214 e. The molecule has 0 amide bonds. The van der Waals surface area contributed by atoms with E-state index in [1.165, 1.54) is 0 Å². The third-order valence-electron chi connectivity index (χ3n) is 3.46. The lowest BCUT2D eigenvalue weighted by atomic mass is 10.1. The highest BCUT2D eigenvalue weighted by molar-refractivity contribution is 7.99. The summed E-state index contributed by atoms with van der Waals surface area (Å²) in [4.78, 5) is 0. The summed E-state index contributed by atoms with van der Waals surface area (Å²) in [6.07, 6.45) is 0.841. The van der Waals surface area contributed by atoms with Crippen molar-refractivity contribution in [3.8, 4) is 5.69 Å². The third-order valence-corrected chi connectivity index (χ3v) is 5.47. The Kier molecular flexibility index (Phi) is 3.69. The van der Waals surface area contributed by atoms with Crippen molar-refractivity contribution in [1.82, 2.24) is 20.2 Å². The van der Waals surface area contributed by atoms with Crippen LogP contribution in [-0.2, 0) is 0 Å². The second-order valence-electron chi connectivity index (χ2n) is 5.09. The number of tetrazole rings is 1. The van der Waals surface area contributed by atoms with E-state index in [4.69, 9.17) is 23.2 Å². The highest BCUT2D eigenvalue weighted by atomic mass is 35.5. The Morgan fingerprint density at radius 2 is 2.00 bits per heavy atom. The topological polar surface area (TPSA) is 43.6 Å². The van der Waals surface area contributed by atoms with Gasteiger partial charge in [-0.25, -0.2) is 0 Å². The van der Waals surface area contributed by atoms with Crippen LogP contribution in [0.2, 0.25) is 0 Å². The molecule has 1 aliphatic carbocycles. The summed E-state index contributed by atoms with van der Waals surface area (Å²) in [5.74, 6) is 1.15. The maximum absolute atomic E-state index is 6.05. The molecule has 1 aromatic carbocycles. The molecular formula is C13H14Cl2N4S. The quantitative estimate of drug-likeness (QED) is 0.635. The lowest BCUT2D eigenvalue weighted by molar-refractivity contribution is 0.746. The van der Waals surface area contributed by atoms with Crippen molar-refractivity contribution < 1.29 is 0 Å². The zero-order valence-electron chi connectivity index (χ0n) is 11.2. The van der Waals surface area contributed by atoms with Crippen LogP contribution in [0.15, 0.2) is 23.4 Å². The summed E-state index contributed by atoms with van der Waals surface area (Å²) < 4.78 is 1.24. The molecular weight excluding hydrogens is 315 g/mol. The number of alkyl halides is 2. The van der Waals surface area contributed by atoms with Crippen molar-refractivity contribution in [3.05, 3.63) is 29.3 Å². The molecule has 0 bridgehead atoms. The number of halogens is 2. The van der Waals surface area contributed by atoms with E-state index in [0.717, 1.165) is 34.1 Å². The van der Waals surface area contributed by atoms with Crippen LogP contribution in [-0.4, -0.2) is 30.3 Å². The van der Waals surface area contributed by atoms with Crippen LogP contribution in [0.1, 0.15) is 17.5 Å². The first-order valence-corrected chi connectivity index (χ1v) is 8.09. The Hall–Kier alpha value is -0.780. The zero-order valence-corrected chi connectivity index (χ0v) is 13.5. The number of hydrogen-bond donors (Lipinski definition) is 0. The van der Waals surface area contributed by atoms with Crippen LogP contribution in [0, 0.1) is 19.8 Å². The van der Waals surface area contributed by atoms with Gasteiger partial charge in [0.2, 0.25) is 5.16 Å². The van der Waals surface area contributed by atoms with E-state index in [1.54, 1.807) is 16.4 Å². The fourth-order valence-electron chi connectivity index (χ4n) is 2.17. The summed E-state index contributed by atoms with van der Waals surface area (Å²) in [6, 6.07) is 6.15. The van der Waals surface area contributed by atoms with E-state index < -0.39 is 4.33 Å². The first-order chi connectivity index (χ1) is 9.49. The summed E-state index contributed by atoms with van der Waals surface area (Å²) >= 11 is 13.7. The van der Waals surface area contributed by atoms with Crippen molar-refractivity contribution in [2.24, 2.45) is 5.92 Å². The Bertz CT molecular complexity index is 621. The number of aryl methyl sites for hydroxylation is 2. The van der Waals surface area contributed by atoms with Crippen molar-refractivity contribution in [2.75, 3.05) is 5.75 Å². The molecule has 0 N–H and O–H groups in total. The van der Waals surface area contributed by atoms with Crippen LogP contribution >= 0.6 is 35.0 Å². The second-order valence-corrected chi connectivity index (χ2v) is 7.62. The van der Waals surface area contributed by atoms with Gasteiger partial charge in [-0.05, 0) is 41.8 Å². The van der Waals surface area contributed by atoms with Crippen LogP contribution in [0.4, 0.5) is 0 Å². The highest BCUT2D eigenvalue weighted by Gasteiger charge is 2.51. The molecule has 1 heterocycles. The molecule has 0 radical (unpaired) electrons. The van der Waals surface area contributed by atoms with Gasteiger partial charge in [-0.3, -0.25) is 0 Å². The smallest absolute Gasteiger partial charge is 0.187 e. The minimum absolute atomic E-state index is 0.318. The lowest BCUT2D eigenvalue weighted by Gasteiger charge is -2.10. The molecule has 1 aromatic heterocycles. The number of benzene rings is 1. The average Bonchev–Trinajstić information content (AvgIpc) is 2.80. The van der Waals surface area contributed by atoms with Crippen molar-refractivity contribution in [2.45, 2.75) is 29.8 Å². The summed E-state index contributed by atoms with van der Waals surface area (Å²) in [6.45, 7) is 4.11. The standard InChI is InChI=1S/C13H14Cl2N4S/c1-8-4-3-5-9(2)11(8)19-12(16-17-18-19)20-7-10-6-13(10,14)15/h3-5,10H,6-7H2,1-2H3/t10-/m1/s1. The third kappa shape index (κ3) is 2.67. The number of nitrogens with zero attached hydrogens (tertiary/aromatic N) is 4. The first-order valence-electron chi connectivity index (χ1n) is 6.34. The second kappa shape index (κ2) is 5.20. The van der Waals surface area contributed by atoms with Gasteiger partial charge in [0.1, 0.15) is 4.33 Å². The molecule has 0 aliphatic heterocycles. The van der Waals surface area contributed by atoms with Crippen molar-refractivity contribution >= 4 is 35.0 Å². The van der Waals surface area contributed by atoms with Gasteiger partial charge in [-0.2, -0.15) is 4.68 Å². The molecule has 0 saturated heterocycles. The van der Waals surface area contributed by atoms with Gasteiger partial charge in [0, 0.05) is 11.7 Å². The van der Waals surface area contributed by atoms with E-state index in [2.05, 4.69) is 41.5 Å². The number of rotatable bonds is 4. The fraction of sp³-hybridized carbons (Fsp3) is 0.462. The molecule has 4 nitrogen and oxygen atoms in total. The molecule has 7 heteroatoms. The molecule has 106 valence electrons. The van der Waals surface area contributed by atoms with Gasteiger partial charge < -0.3 is 0 Å². The number of para-hydroxylation sites is 1. The predicted octanol–water partition coefficient (Wildman–Crippen LogP) is 3.57. The van der Waals surface area contributed by atoms with E-state index in [0.29, 0.717) is 5.92 Å². The van der Waals surface area contributed by atoms with Crippen molar-refractivity contribution in [1.29, 1.82) is 0 Å². The van der Waals surface area contributed by atoms with Gasteiger partial charge in [-0.1, -0.05) is 30.0 Å². The normalized spacial score (nSPS) is 20.1. The molecule has 1 atom stereocenters. The molecule has 1 aliphatic rings. The van der Waals surface area contributed by atoms with Gasteiger partial charge in [0.05, 0.1) is 5.69 Å². The molecule has 0 unspecified atom stereocenters. The Morgan fingerprint density at radius 3 is 2.60 bits per heavy atom. The molecule has 20 heavy (non-hydrogen) atoms. The molecule has 1 fully saturated rings. The number of aromatic nitrogens is 4. The summed E-state index contributed by atoms with van der Waals surface area (Å²) in [7, 11) is 0.